The van der Waals surface area contributed by atoms with E-state index in [-0.39, 0.29) is 12.3 Å². The Balaban J connectivity index is 1.57. The number of rotatable bonds is 6. The van der Waals surface area contributed by atoms with Crippen molar-refractivity contribution in [3.63, 3.8) is 0 Å². The smallest absolute Gasteiger partial charge is 0.228 e. The number of pyridine rings is 1. The van der Waals surface area contributed by atoms with E-state index in [1.54, 1.807) is 17.2 Å². The zero-order chi connectivity index (χ0) is 21.1. The molecule has 0 spiro atoms. The number of fused-ring (bicyclic) bond motifs is 1. The topological polar surface area (TPSA) is 50.1 Å². The van der Waals surface area contributed by atoms with Gasteiger partial charge in [0.2, 0.25) is 5.91 Å². The summed E-state index contributed by atoms with van der Waals surface area (Å²) < 4.78 is 7.29. The molecule has 0 bridgehead atoms. The molecule has 0 aliphatic carbocycles. The fourth-order valence-corrected chi connectivity index (χ4v) is 3.88. The van der Waals surface area contributed by atoms with Crippen molar-refractivity contribution in [2.24, 2.45) is 0 Å². The van der Waals surface area contributed by atoms with E-state index in [0.717, 1.165) is 55.4 Å². The van der Waals surface area contributed by atoms with Crippen LogP contribution in [-0.2, 0) is 16.0 Å². The molecule has 3 heterocycles. The van der Waals surface area contributed by atoms with Crippen LogP contribution in [0.2, 0.25) is 10.0 Å². The minimum Gasteiger partial charge on any atom is -0.379 e. The van der Waals surface area contributed by atoms with Gasteiger partial charge >= 0.3 is 0 Å². The van der Waals surface area contributed by atoms with Gasteiger partial charge in [0, 0.05) is 50.0 Å². The van der Waals surface area contributed by atoms with Crippen LogP contribution in [0.3, 0.4) is 0 Å². The number of likely N-dealkylation sites (N-methyl/N-ethyl adjacent to an activating group) is 1. The van der Waals surface area contributed by atoms with Gasteiger partial charge in [-0.15, -0.1) is 0 Å². The third-order valence-electron chi connectivity index (χ3n) is 5.40. The molecule has 1 amide bonds. The van der Waals surface area contributed by atoms with Crippen LogP contribution < -0.4 is 0 Å². The van der Waals surface area contributed by atoms with Crippen LogP contribution in [0.5, 0.6) is 0 Å². The molecule has 0 radical (unpaired) electrons. The Hall–Kier alpha value is -2.12. The number of morpholine rings is 1. The minimum atomic E-state index is 0.0419. The van der Waals surface area contributed by atoms with Crippen molar-refractivity contribution in [2.75, 3.05) is 46.4 Å². The van der Waals surface area contributed by atoms with E-state index in [2.05, 4.69) is 4.90 Å². The Morgan fingerprint density at radius 3 is 2.53 bits per heavy atom. The predicted octanol–water partition coefficient (Wildman–Crippen LogP) is 3.64. The van der Waals surface area contributed by atoms with Crippen LogP contribution in [0.15, 0.2) is 42.6 Å². The summed E-state index contributed by atoms with van der Waals surface area (Å²) in [6, 6.07) is 11.2. The summed E-state index contributed by atoms with van der Waals surface area (Å²) in [4.78, 5) is 21.9. The highest BCUT2D eigenvalue weighted by atomic mass is 35.5. The first-order valence-corrected chi connectivity index (χ1v) is 10.7. The van der Waals surface area contributed by atoms with E-state index in [4.69, 9.17) is 32.9 Å². The van der Waals surface area contributed by atoms with Crippen LogP contribution in [0.4, 0.5) is 0 Å². The number of imidazole rings is 1. The summed E-state index contributed by atoms with van der Waals surface area (Å²) in [6.45, 7) is 4.85. The van der Waals surface area contributed by atoms with Gasteiger partial charge in [-0.3, -0.25) is 9.69 Å². The van der Waals surface area contributed by atoms with Crippen molar-refractivity contribution in [1.82, 2.24) is 19.2 Å². The fourth-order valence-electron chi connectivity index (χ4n) is 3.59. The van der Waals surface area contributed by atoms with Gasteiger partial charge in [0.25, 0.3) is 0 Å². The Kier molecular flexibility index (Phi) is 6.58. The average molecular weight is 447 g/mol. The number of hydrogen-bond donors (Lipinski definition) is 0. The summed E-state index contributed by atoms with van der Waals surface area (Å²) in [5.74, 6) is 0.0419. The second-order valence-corrected chi connectivity index (χ2v) is 8.31. The molecule has 1 saturated heterocycles. The Bertz CT molecular complexity index is 1030. The predicted molar refractivity (Wildman–Crippen MR) is 119 cm³/mol. The third-order valence-corrected chi connectivity index (χ3v) is 5.87. The lowest BCUT2D eigenvalue weighted by atomic mass is 10.1. The van der Waals surface area contributed by atoms with Gasteiger partial charge in [0.05, 0.1) is 36.0 Å². The van der Waals surface area contributed by atoms with Crippen LogP contribution in [0.1, 0.15) is 5.69 Å². The Labute approximate surface area is 186 Å². The molecule has 2 aromatic heterocycles. The quantitative estimate of drug-likeness (QED) is 0.579. The molecule has 1 aliphatic heterocycles. The maximum absolute atomic E-state index is 13.0. The van der Waals surface area contributed by atoms with E-state index >= 15 is 0 Å². The van der Waals surface area contributed by atoms with Gasteiger partial charge in [0.1, 0.15) is 5.65 Å². The standard InChI is InChI=1S/C22H24Cl2N4O2/c1-26(8-9-27-10-12-30-13-11-27)21(29)14-19-22(16-2-4-17(23)5-3-16)25-20-7-6-18(24)15-28(19)20/h2-7,15H,8-14H2,1H3. The van der Waals surface area contributed by atoms with Crippen molar-refractivity contribution in [3.05, 3.63) is 58.3 Å². The molecule has 0 atom stereocenters. The number of amides is 1. The number of carbonyl (C=O) groups excluding carboxylic acids is 1. The largest absolute Gasteiger partial charge is 0.379 e. The number of benzene rings is 1. The van der Waals surface area contributed by atoms with Gasteiger partial charge in [-0.25, -0.2) is 4.98 Å². The lowest BCUT2D eigenvalue weighted by Gasteiger charge is -2.28. The first-order chi connectivity index (χ1) is 14.5. The summed E-state index contributed by atoms with van der Waals surface area (Å²) in [5, 5.41) is 1.25. The summed E-state index contributed by atoms with van der Waals surface area (Å²) in [5.41, 5.74) is 3.25. The number of ether oxygens (including phenoxy) is 1. The minimum absolute atomic E-state index is 0.0419. The van der Waals surface area contributed by atoms with Crippen molar-refractivity contribution in [2.45, 2.75) is 6.42 Å². The molecule has 6 nitrogen and oxygen atoms in total. The summed E-state index contributed by atoms with van der Waals surface area (Å²) in [7, 11) is 1.85. The number of nitrogens with zero attached hydrogens (tertiary/aromatic N) is 4. The second kappa shape index (κ2) is 9.35. The molecular weight excluding hydrogens is 423 g/mol. The lowest BCUT2D eigenvalue weighted by molar-refractivity contribution is -0.129. The highest BCUT2D eigenvalue weighted by molar-refractivity contribution is 6.30. The molecule has 0 unspecified atom stereocenters. The second-order valence-electron chi connectivity index (χ2n) is 7.44. The number of carbonyl (C=O) groups is 1. The van der Waals surface area contributed by atoms with E-state index in [9.17, 15) is 4.79 Å². The zero-order valence-electron chi connectivity index (χ0n) is 16.9. The molecule has 1 fully saturated rings. The fraction of sp³-hybridized carbons (Fsp3) is 0.364. The van der Waals surface area contributed by atoms with Crippen molar-refractivity contribution >= 4 is 34.8 Å². The highest BCUT2D eigenvalue weighted by Gasteiger charge is 2.20. The normalized spacial score (nSPS) is 14.9. The van der Waals surface area contributed by atoms with E-state index < -0.39 is 0 Å². The first kappa shape index (κ1) is 21.1. The number of halogens is 2. The molecule has 3 aromatic rings. The van der Waals surface area contributed by atoms with Crippen molar-refractivity contribution in [3.8, 4) is 11.3 Å². The molecule has 1 aliphatic rings. The van der Waals surface area contributed by atoms with Crippen LogP contribution >= 0.6 is 23.2 Å². The molecule has 1 aromatic carbocycles. The van der Waals surface area contributed by atoms with Crippen LogP contribution in [0, 0.1) is 0 Å². The van der Waals surface area contributed by atoms with Gasteiger partial charge < -0.3 is 14.0 Å². The first-order valence-electron chi connectivity index (χ1n) is 9.98. The third kappa shape index (κ3) is 4.78. The Morgan fingerprint density at radius 2 is 1.80 bits per heavy atom. The monoisotopic (exact) mass is 446 g/mol. The summed E-state index contributed by atoms with van der Waals surface area (Å²) >= 11 is 12.3. The molecule has 8 heteroatoms. The van der Waals surface area contributed by atoms with E-state index in [0.29, 0.717) is 16.6 Å². The van der Waals surface area contributed by atoms with Crippen LogP contribution in [-0.4, -0.2) is 71.5 Å². The van der Waals surface area contributed by atoms with Crippen molar-refractivity contribution in [1.29, 1.82) is 0 Å². The Morgan fingerprint density at radius 1 is 1.10 bits per heavy atom. The van der Waals surface area contributed by atoms with E-state index in [1.165, 1.54) is 0 Å². The van der Waals surface area contributed by atoms with Crippen molar-refractivity contribution < 1.29 is 9.53 Å². The van der Waals surface area contributed by atoms with E-state index in [1.807, 2.05) is 41.8 Å². The number of hydrogen-bond acceptors (Lipinski definition) is 4. The molecule has 30 heavy (non-hydrogen) atoms. The molecule has 158 valence electrons. The molecule has 4 rings (SSSR count). The maximum Gasteiger partial charge on any atom is 0.228 e. The van der Waals surface area contributed by atoms with Gasteiger partial charge in [-0.1, -0.05) is 35.3 Å². The van der Waals surface area contributed by atoms with Gasteiger partial charge in [0.15, 0.2) is 0 Å². The lowest BCUT2D eigenvalue weighted by Crippen LogP contribution is -2.42. The maximum atomic E-state index is 13.0. The molecular formula is C22H24Cl2N4O2. The van der Waals surface area contributed by atoms with Gasteiger partial charge in [-0.2, -0.15) is 0 Å². The average Bonchev–Trinajstić information content (AvgIpc) is 3.10. The summed E-state index contributed by atoms with van der Waals surface area (Å²) in [6.07, 6.45) is 2.04. The number of aromatic nitrogens is 2. The highest BCUT2D eigenvalue weighted by Crippen LogP contribution is 2.27. The van der Waals surface area contributed by atoms with Gasteiger partial charge in [-0.05, 0) is 24.3 Å². The zero-order valence-corrected chi connectivity index (χ0v) is 18.4. The SMILES string of the molecule is CN(CCN1CCOCC1)C(=O)Cc1c(-c2ccc(Cl)cc2)nc2ccc(Cl)cn12. The molecule has 0 saturated carbocycles. The van der Waals surface area contributed by atoms with Crippen LogP contribution in [0.25, 0.3) is 16.9 Å². The molecule has 0 N–H and O–H groups in total.